The summed E-state index contributed by atoms with van der Waals surface area (Å²) in [6.45, 7) is 2.96. The lowest BCUT2D eigenvalue weighted by molar-refractivity contribution is -0.118. The molecule has 2 fully saturated rings. The summed E-state index contributed by atoms with van der Waals surface area (Å²) in [5.41, 5.74) is 7.38. The number of nitrogen functional groups attached to an aromatic ring is 1. The molecule has 0 atom stereocenters. The minimum atomic E-state index is -0.372. The number of nitrogens with two attached hydrogens (primary N) is 1. The normalized spacial score (nSPS) is 20.0. The van der Waals surface area contributed by atoms with Crippen LogP contribution in [0.4, 0.5) is 5.82 Å². The predicted molar refractivity (Wildman–Crippen MR) is 156 cm³/mol. The van der Waals surface area contributed by atoms with Crippen LogP contribution in [0.15, 0.2) is 77.4 Å². The van der Waals surface area contributed by atoms with Gasteiger partial charge in [0.15, 0.2) is 11.5 Å². The van der Waals surface area contributed by atoms with E-state index in [9.17, 15) is 14.9 Å². The average Bonchev–Trinajstić information content (AvgIpc) is 3.29. The fraction of sp³-hybridized carbons (Fsp3) is 0.323. The highest BCUT2D eigenvalue weighted by molar-refractivity contribution is 5.97. The van der Waals surface area contributed by atoms with Crippen LogP contribution in [0.3, 0.4) is 0 Å². The van der Waals surface area contributed by atoms with E-state index < -0.39 is 0 Å². The molecule has 42 heavy (non-hydrogen) atoms. The molecule has 2 aromatic heterocycles. The SMILES string of the molecule is CC1(/C=C(/C#N)C(=O)NC2CCC(n3c(=O)n(-c4ccc(Oc5ccccc5)cc4)c4c(N)ncnc43)CC2)COC1. The molecule has 0 radical (unpaired) electrons. The number of nitrogens with one attached hydrogen (secondary N) is 1. The Bertz CT molecular complexity index is 1740. The number of para-hydroxylation sites is 1. The Kier molecular flexibility index (Phi) is 7.22. The zero-order valence-corrected chi connectivity index (χ0v) is 23.2. The molecule has 1 aliphatic carbocycles. The van der Waals surface area contributed by atoms with E-state index in [2.05, 4.69) is 15.3 Å². The molecule has 1 aliphatic heterocycles. The van der Waals surface area contributed by atoms with Gasteiger partial charge in [0, 0.05) is 17.5 Å². The van der Waals surface area contributed by atoms with Crippen molar-refractivity contribution in [2.45, 2.75) is 44.7 Å². The molecule has 214 valence electrons. The molecule has 4 aromatic rings. The average molecular weight is 566 g/mol. The van der Waals surface area contributed by atoms with Gasteiger partial charge in [-0.05, 0) is 62.1 Å². The second-order valence-corrected chi connectivity index (χ2v) is 11.1. The van der Waals surface area contributed by atoms with Crippen LogP contribution < -0.4 is 21.5 Å². The molecule has 3 heterocycles. The van der Waals surface area contributed by atoms with Gasteiger partial charge in [-0.1, -0.05) is 31.2 Å². The number of benzene rings is 2. The van der Waals surface area contributed by atoms with Gasteiger partial charge in [-0.2, -0.15) is 5.26 Å². The number of fused-ring (bicyclic) bond motifs is 1. The Labute approximate surface area is 242 Å². The van der Waals surface area contributed by atoms with Crippen LogP contribution in [0.5, 0.6) is 11.5 Å². The Morgan fingerprint density at radius 2 is 1.79 bits per heavy atom. The third kappa shape index (κ3) is 5.24. The standard InChI is InChI=1S/C31H31N7O4/c1-31(17-41-18-31)15-20(16-32)29(39)36-21-7-9-23(10-8-21)38-28-26(27(33)34-19-35-28)37(30(38)40)22-11-13-25(14-12-22)42-24-5-3-2-4-6-24/h2-6,11-15,19,21,23H,7-10,17-18H2,1H3,(H,36,39)(H2,33,34,35)/b20-15-. The van der Waals surface area contributed by atoms with Crippen LogP contribution >= 0.6 is 0 Å². The van der Waals surface area contributed by atoms with E-state index in [4.69, 9.17) is 15.2 Å². The number of carbonyl (C=O) groups is 1. The fourth-order valence-electron chi connectivity index (χ4n) is 5.67. The zero-order valence-electron chi connectivity index (χ0n) is 23.2. The number of hydrogen-bond acceptors (Lipinski definition) is 8. The summed E-state index contributed by atoms with van der Waals surface area (Å²) in [6, 6.07) is 18.5. The molecule has 1 amide bonds. The van der Waals surface area contributed by atoms with Gasteiger partial charge in [0.25, 0.3) is 5.91 Å². The van der Waals surface area contributed by atoms with E-state index >= 15 is 0 Å². The van der Waals surface area contributed by atoms with Crippen LogP contribution in [-0.2, 0) is 9.53 Å². The first-order valence-electron chi connectivity index (χ1n) is 13.9. The second-order valence-electron chi connectivity index (χ2n) is 11.1. The number of nitrogens with zero attached hydrogens (tertiary/aromatic N) is 5. The minimum absolute atomic E-state index is 0.100. The molecule has 1 saturated heterocycles. The molecule has 1 saturated carbocycles. The van der Waals surface area contributed by atoms with E-state index in [-0.39, 0.29) is 40.5 Å². The van der Waals surface area contributed by atoms with E-state index in [0.717, 1.165) is 0 Å². The molecule has 2 aliphatic rings. The molecule has 11 heteroatoms. The molecule has 0 spiro atoms. The second kappa shape index (κ2) is 11.1. The monoisotopic (exact) mass is 565 g/mol. The summed E-state index contributed by atoms with van der Waals surface area (Å²) in [5, 5.41) is 12.5. The van der Waals surface area contributed by atoms with E-state index in [0.29, 0.717) is 67.2 Å². The summed E-state index contributed by atoms with van der Waals surface area (Å²) >= 11 is 0. The van der Waals surface area contributed by atoms with Crippen molar-refractivity contribution in [1.29, 1.82) is 5.26 Å². The predicted octanol–water partition coefficient (Wildman–Crippen LogP) is 4.04. The summed E-state index contributed by atoms with van der Waals surface area (Å²) in [4.78, 5) is 35.3. The van der Waals surface area contributed by atoms with Crippen molar-refractivity contribution in [3.63, 3.8) is 0 Å². The molecule has 11 nitrogen and oxygen atoms in total. The lowest BCUT2D eigenvalue weighted by atomic mass is 9.86. The first-order chi connectivity index (χ1) is 20.3. The number of nitriles is 1. The first kappa shape index (κ1) is 27.2. The van der Waals surface area contributed by atoms with Crippen LogP contribution in [-0.4, -0.2) is 44.3 Å². The summed E-state index contributed by atoms with van der Waals surface area (Å²) in [6.07, 6.45) is 5.67. The Balaban J connectivity index is 1.21. The maximum atomic E-state index is 13.9. The maximum absolute atomic E-state index is 13.9. The van der Waals surface area contributed by atoms with E-state index in [1.165, 1.54) is 6.33 Å². The molecule has 2 aromatic carbocycles. The number of carbonyl (C=O) groups excluding carboxylic acids is 1. The number of ether oxygens (including phenoxy) is 2. The Morgan fingerprint density at radius 3 is 2.43 bits per heavy atom. The molecule has 0 bridgehead atoms. The third-order valence-corrected chi connectivity index (χ3v) is 7.87. The number of hydrogen-bond donors (Lipinski definition) is 2. The highest BCUT2D eigenvalue weighted by Gasteiger charge is 2.34. The van der Waals surface area contributed by atoms with Gasteiger partial charge in [0.2, 0.25) is 0 Å². The van der Waals surface area contributed by atoms with Crippen molar-refractivity contribution < 1.29 is 14.3 Å². The summed E-state index contributed by atoms with van der Waals surface area (Å²) in [7, 11) is 0. The van der Waals surface area contributed by atoms with Crippen molar-refractivity contribution in [1.82, 2.24) is 24.4 Å². The largest absolute Gasteiger partial charge is 0.457 e. The topological polar surface area (TPSA) is 150 Å². The van der Waals surface area contributed by atoms with Crippen LogP contribution in [0.1, 0.15) is 38.6 Å². The highest BCUT2D eigenvalue weighted by atomic mass is 16.5. The van der Waals surface area contributed by atoms with E-state index in [1.807, 2.05) is 43.3 Å². The molecule has 6 rings (SSSR count). The maximum Gasteiger partial charge on any atom is 0.335 e. The van der Waals surface area contributed by atoms with Crippen molar-refractivity contribution in [3.05, 3.63) is 83.1 Å². The van der Waals surface area contributed by atoms with Crippen LogP contribution in [0.25, 0.3) is 16.9 Å². The minimum Gasteiger partial charge on any atom is -0.457 e. The Morgan fingerprint density at radius 1 is 1.10 bits per heavy atom. The van der Waals surface area contributed by atoms with Gasteiger partial charge in [-0.15, -0.1) is 0 Å². The van der Waals surface area contributed by atoms with Gasteiger partial charge >= 0.3 is 5.69 Å². The van der Waals surface area contributed by atoms with Crippen LogP contribution in [0.2, 0.25) is 0 Å². The number of imidazole rings is 1. The molecular formula is C31H31N7O4. The van der Waals surface area contributed by atoms with Crippen molar-refractivity contribution >= 4 is 22.9 Å². The smallest absolute Gasteiger partial charge is 0.335 e. The number of amides is 1. The van der Waals surface area contributed by atoms with Crippen molar-refractivity contribution in [2.24, 2.45) is 5.41 Å². The first-order valence-corrected chi connectivity index (χ1v) is 13.9. The van der Waals surface area contributed by atoms with Crippen molar-refractivity contribution in [2.75, 3.05) is 18.9 Å². The quantitative estimate of drug-likeness (QED) is 0.252. The Hall–Kier alpha value is -4.95. The number of aromatic nitrogens is 4. The third-order valence-electron chi connectivity index (χ3n) is 7.87. The van der Waals surface area contributed by atoms with Gasteiger partial charge in [-0.25, -0.2) is 14.8 Å². The molecule has 3 N–H and O–H groups in total. The van der Waals surface area contributed by atoms with Gasteiger partial charge in [0.05, 0.1) is 18.9 Å². The molecule has 0 unspecified atom stereocenters. The van der Waals surface area contributed by atoms with Gasteiger partial charge < -0.3 is 20.5 Å². The summed E-state index contributed by atoms with van der Waals surface area (Å²) < 4.78 is 14.4. The van der Waals surface area contributed by atoms with E-state index in [1.54, 1.807) is 39.5 Å². The number of rotatable bonds is 7. The van der Waals surface area contributed by atoms with Gasteiger partial charge in [0.1, 0.15) is 35.0 Å². The van der Waals surface area contributed by atoms with Crippen LogP contribution in [0, 0.1) is 16.7 Å². The lowest BCUT2D eigenvalue weighted by Crippen LogP contribution is -2.41. The lowest BCUT2D eigenvalue weighted by Gasteiger charge is -2.35. The summed E-state index contributed by atoms with van der Waals surface area (Å²) in [5.74, 6) is 1.19. The van der Waals surface area contributed by atoms with Crippen molar-refractivity contribution in [3.8, 4) is 23.3 Å². The fourth-order valence-corrected chi connectivity index (χ4v) is 5.67. The number of anilines is 1. The van der Waals surface area contributed by atoms with Gasteiger partial charge in [-0.3, -0.25) is 13.9 Å². The molecular weight excluding hydrogens is 534 g/mol. The zero-order chi connectivity index (χ0) is 29.3. The highest BCUT2D eigenvalue weighted by Crippen LogP contribution is 2.33.